The Morgan fingerprint density at radius 2 is 2.40 bits per heavy atom. The zero-order valence-corrected chi connectivity index (χ0v) is 4.98. The molecule has 2 aromatic heterocycles. The van der Waals surface area contributed by atoms with E-state index in [2.05, 4.69) is 24.6 Å². The second-order valence-corrected chi connectivity index (χ2v) is 1.69. The van der Waals surface area contributed by atoms with Crippen molar-refractivity contribution >= 4 is 0 Å². The molecule has 0 saturated heterocycles. The summed E-state index contributed by atoms with van der Waals surface area (Å²) in [7, 11) is 0. The Morgan fingerprint density at radius 3 is 3.00 bits per heavy atom. The van der Waals surface area contributed by atoms with E-state index in [4.69, 9.17) is 0 Å². The van der Waals surface area contributed by atoms with Crippen LogP contribution in [0.25, 0.3) is 11.6 Å². The van der Waals surface area contributed by atoms with Crippen molar-refractivity contribution in [3.8, 4) is 11.6 Å². The third-order valence-corrected chi connectivity index (χ3v) is 1.07. The maximum absolute atomic E-state index is 4.52. The van der Waals surface area contributed by atoms with Crippen LogP contribution >= 0.6 is 0 Å². The Bertz CT molecular complexity index is 253. The van der Waals surface area contributed by atoms with Crippen LogP contribution in [0.3, 0.4) is 0 Å². The number of H-pyrrole nitrogens is 1. The van der Waals surface area contributed by atoms with E-state index in [9.17, 15) is 0 Å². The summed E-state index contributed by atoms with van der Waals surface area (Å²) in [6, 6.07) is 0. The SMILES string of the molecule is c1c[nH]c(-c2ncon2)n1. The number of nitrogens with zero attached hydrogens (tertiary/aromatic N) is 3. The lowest BCUT2D eigenvalue weighted by atomic mass is 10.6. The lowest BCUT2D eigenvalue weighted by molar-refractivity contribution is 0.418. The zero-order valence-electron chi connectivity index (χ0n) is 4.98. The lowest BCUT2D eigenvalue weighted by Gasteiger charge is -1.80. The topological polar surface area (TPSA) is 67.6 Å². The van der Waals surface area contributed by atoms with Gasteiger partial charge in [0.1, 0.15) is 0 Å². The Hall–Kier alpha value is -1.65. The highest BCUT2D eigenvalue weighted by Crippen LogP contribution is 2.04. The molecule has 2 heterocycles. The molecular formula is C5H4N4O. The summed E-state index contributed by atoms with van der Waals surface area (Å²) in [6.45, 7) is 0. The molecule has 5 nitrogen and oxygen atoms in total. The molecule has 0 radical (unpaired) electrons. The van der Waals surface area contributed by atoms with Gasteiger partial charge in [0, 0.05) is 12.4 Å². The van der Waals surface area contributed by atoms with Crippen LogP contribution in [0, 0.1) is 0 Å². The van der Waals surface area contributed by atoms with Crippen molar-refractivity contribution in [2.24, 2.45) is 0 Å². The lowest BCUT2D eigenvalue weighted by Crippen LogP contribution is -1.80. The van der Waals surface area contributed by atoms with E-state index in [-0.39, 0.29) is 0 Å². The van der Waals surface area contributed by atoms with Crippen LogP contribution in [0.2, 0.25) is 0 Å². The fourth-order valence-corrected chi connectivity index (χ4v) is 0.662. The predicted molar refractivity (Wildman–Crippen MR) is 31.9 cm³/mol. The summed E-state index contributed by atoms with van der Waals surface area (Å²) in [5.74, 6) is 1.10. The molecule has 0 fully saturated rings. The van der Waals surface area contributed by atoms with Gasteiger partial charge in [-0.1, -0.05) is 5.16 Å². The monoisotopic (exact) mass is 136 g/mol. The minimum absolute atomic E-state index is 0.477. The maximum atomic E-state index is 4.52. The molecule has 0 atom stereocenters. The Balaban J connectivity index is 2.48. The van der Waals surface area contributed by atoms with Crippen LogP contribution in [0.15, 0.2) is 23.3 Å². The molecule has 1 N–H and O–H groups in total. The second-order valence-electron chi connectivity index (χ2n) is 1.69. The molecule has 2 rings (SSSR count). The molecule has 0 bridgehead atoms. The summed E-state index contributed by atoms with van der Waals surface area (Å²) in [4.78, 5) is 10.5. The number of rotatable bonds is 1. The number of aromatic nitrogens is 4. The van der Waals surface area contributed by atoms with Crippen LogP contribution in [0.5, 0.6) is 0 Å². The van der Waals surface area contributed by atoms with Crippen molar-refractivity contribution in [2.45, 2.75) is 0 Å². The highest BCUT2D eigenvalue weighted by atomic mass is 16.5. The number of imidazole rings is 1. The average Bonchev–Trinajstić information content (AvgIpc) is 2.59. The summed E-state index contributed by atoms with van der Waals surface area (Å²) in [6.07, 6.45) is 4.59. The van der Waals surface area contributed by atoms with Gasteiger partial charge in [-0.15, -0.1) is 0 Å². The highest BCUT2D eigenvalue weighted by Gasteiger charge is 2.02. The van der Waals surface area contributed by atoms with Gasteiger partial charge < -0.3 is 9.51 Å². The maximum Gasteiger partial charge on any atom is 0.237 e. The van der Waals surface area contributed by atoms with Crippen molar-refractivity contribution in [3.05, 3.63) is 18.8 Å². The van der Waals surface area contributed by atoms with Crippen molar-refractivity contribution in [1.29, 1.82) is 0 Å². The normalized spacial score (nSPS) is 10.0. The van der Waals surface area contributed by atoms with Gasteiger partial charge in [-0.05, 0) is 0 Å². The first-order chi connectivity index (χ1) is 4.97. The Labute approximate surface area is 56.1 Å². The number of nitrogens with one attached hydrogen (secondary N) is 1. The first-order valence-corrected chi connectivity index (χ1v) is 2.73. The average molecular weight is 136 g/mol. The minimum Gasteiger partial charge on any atom is -0.342 e. The van der Waals surface area contributed by atoms with Crippen molar-refractivity contribution in [2.75, 3.05) is 0 Å². The Kier molecular flexibility index (Phi) is 1.00. The van der Waals surface area contributed by atoms with Gasteiger partial charge in [0.2, 0.25) is 12.2 Å². The van der Waals surface area contributed by atoms with E-state index >= 15 is 0 Å². The van der Waals surface area contributed by atoms with E-state index in [0.29, 0.717) is 11.6 Å². The van der Waals surface area contributed by atoms with E-state index in [1.807, 2.05) is 0 Å². The molecule has 0 amide bonds. The van der Waals surface area contributed by atoms with Crippen LogP contribution < -0.4 is 0 Å². The summed E-state index contributed by atoms with van der Waals surface area (Å²) < 4.78 is 4.52. The largest absolute Gasteiger partial charge is 0.342 e. The van der Waals surface area contributed by atoms with Crippen molar-refractivity contribution in [3.63, 3.8) is 0 Å². The molecule has 0 aromatic carbocycles. The van der Waals surface area contributed by atoms with Crippen molar-refractivity contribution < 1.29 is 4.52 Å². The van der Waals surface area contributed by atoms with E-state index in [0.717, 1.165) is 0 Å². The predicted octanol–water partition coefficient (Wildman–Crippen LogP) is 0.460. The molecular weight excluding hydrogens is 132 g/mol. The molecule has 0 aliphatic carbocycles. The van der Waals surface area contributed by atoms with Crippen molar-refractivity contribution in [1.82, 2.24) is 20.1 Å². The van der Waals surface area contributed by atoms with Gasteiger partial charge >= 0.3 is 0 Å². The van der Waals surface area contributed by atoms with Gasteiger partial charge in [-0.3, -0.25) is 0 Å². The van der Waals surface area contributed by atoms with Crippen LogP contribution in [0.1, 0.15) is 0 Å². The minimum atomic E-state index is 0.477. The first-order valence-electron chi connectivity index (χ1n) is 2.73. The van der Waals surface area contributed by atoms with Crippen LogP contribution in [0.4, 0.5) is 0 Å². The zero-order chi connectivity index (χ0) is 6.81. The van der Waals surface area contributed by atoms with E-state index in [1.54, 1.807) is 12.4 Å². The summed E-state index contributed by atoms with van der Waals surface area (Å²) in [5.41, 5.74) is 0. The molecule has 0 spiro atoms. The smallest absolute Gasteiger partial charge is 0.237 e. The molecule has 0 unspecified atom stereocenters. The van der Waals surface area contributed by atoms with E-state index < -0.39 is 0 Å². The Morgan fingerprint density at radius 1 is 1.40 bits per heavy atom. The quantitative estimate of drug-likeness (QED) is 0.618. The van der Waals surface area contributed by atoms with Crippen LogP contribution in [-0.4, -0.2) is 20.1 Å². The number of aromatic amines is 1. The third-order valence-electron chi connectivity index (χ3n) is 1.07. The fourth-order valence-electron chi connectivity index (χ4n) is 0.662. The molecule has 0 aliphatic heterocycles. The second kappa shape index (κ2) is 1.94. The summed E-state index contributed by atoms with van der Waals surface area (Å²) in [5, 5.41) is 3.58. The van der Waals surface area contributed by atoms with Gasteiger partial charge in [0.15, 0.2) is 5.82 Å². The number of hydrogen-bond donors (Lipinski definition) is 1. The molecule has 0 aliphatic rings. The van der Waals surface area contributed by atoms with Gasteiger partial charge in [0.25, 0.3) is 0 Å². The molecule has 5 heteroatoms. The molecule has 50 valence electrons. The molecule has 10 heavy (non-hydrogen) atoms. The molecule has 0 saturated carbocycles. The first kappa shape index (κ1) is 5.16. The fraction of sp³-hybridized carbons (Fsp3) is 0. The highest BCUT2D eigenvalue weighted by molar-refractivity contribution is 5.39. The van der Waals surface area contributed by atoms with E-state index in [1.165, 1.54) is 6.39 Å². The number of hydrogen-bond acceptors (Lipinski definition) is 4. The van der Waals surface area contributed by atoms with Crippen LogP contribution in [-0.2, 0) is 0 Å². The summed E-state index contributed by atoms with van der Waals surface area (Å²) >= 11 is 0. The van der Waals surface area contributed by atoms with Gasteiger partial charge in [0.05, 0.1) is 0 Å². The van der Waals surface area contributed by atoms with Gasteiger partial charge in [-0.2, -0.15) is 4.98 Å². The van der Waals surface area contributed by atoms with Gasteiger partial charge in [-0.25, -0.2) is 4.98 Å². The standard InChI is InChI=1S/C5H4N4O/c1-2-7-4(6-1)5-8-3-10-9-5/h1-3H,(H,6,7). The molecule has 2 aromatic rings. The third kappa shape index (κ3) is 0.680.